The highest BCUT2D eigenvalue weighted by molar-refractivity contribution is 5.97. The summed E-state index contributed by atoms with van der Waals surface area (Å²) in [5.74, 6) is 5.45. The highest BCUT2D eigenvalue weighted by Gasteiger charge is 2.35. The average molecular weight is 474 g/mol. The van der Waals surface area contributed by atoms with Crippen molar-refractivity contribution in [1.82, 2.24) is 14.8 Å². The van der Waals surface area contributed by atoms with Gasteiger partial charge in [-0.25, -0.2) is 4.98 Å². The van der Waals surface area contributed by atoms with Crippen LogP contribution >= 0.6 is 0 Å². The maximum absolute atomic E-state index is 13.4. The maximum atomic E-state index is 13.4. The summed E-state index contributed by atoms with van der Waals surface area (Å²) >= 11 is 0. The number of likely N-dealkylation sites (N-methyl/N-ethyl adjacent to an activating group) is 1. The number of amides is 2. The molecule has 34 heavy (non-hydrogen) atoms. The SMILES string of the molecule is COCC(=O)N(C)C[C@@H]1Oc2ncc(C#CC3(O)CCCC3)cc2C(=O)N([C@@H](C)CO)C[C@H]1C. The molecule has 9 heteroatoms. The van der Waals surface area contributed by atoms with Crippen molar-refractivity contribution in [2.75, 3.05) is 40.5 Å². The van der Waals surface area contributed by atoms with E-state index in [4.69, 9.17) is 9.47 Å². The number of ether oxygens (including phenoxy) is 2. The minimum absolute atomic E-state index is 0.0347. The number of hydrogen-bond acceptors (Lipinski definition) is 7. The van der Waals surface area contributed by atoms with Gasteiger partial charge in [-0.1, -0.05) is 18.8 Å². The first-order chi connectivity index (χ1) is 16.2. The molecule has 0 aromatic carbocycles. The number of hydrogen-bond donors (Lipinski definition) is 2. The van der Waals surface area contributed by atoms with Crippen LogP contribution in [0.2, 0.25) is 0 Å². The number of carbonyl (C=O) groups is 2. The topological polar surface area (TPSA) is 112 Å². The van der Waals surface area contributed by atoms with Gasteiger partial charge in [-0.2, -0.15) is 0 Å². The summed E-state index contributed by atoms with van der Waals surface area (Å²) in [4.78, 5) is 33.2. The lowest BCUT2D eigenvalue weighted by Gasteiger charge is -2.37. The van der Waals surface area contributed by atoms with Crippen LogP contribution in [-0.2, 0) is 9.53 Å². The zero-order valence-corrected chi connectivity index (χ0v) is 20.4. The Hall–Kier alpha value is -2.67. The fourth-order valence-electron chi connectivity index (χ4n) is 4.27. The zero-order chi connectivity index (χ0) is 24.9. The Kier molecular flexibility index (Phi) is 8.52. The van der Waals surface area contributed by atoms with Gasteiger partial charge < -0.3 is 29.5 Å². The predicted molar refractivity (Wildman–Crippen MR) is 125 cm³/mol. The second kappa shape index (κ2) is 11.2. The number of pyridine rings is 1. The molecule has 2 amide bonds. The van der Waals surface area contributed by atoms with Crippen LogP contribution in [0.15, 0.2) is 12.3 Å². The van der Waals surface area contributed by atoms with Crippen molar-refractivity contribution in [3.8, 4) is 17.7 Å². The van der Waals surface area contributed by atoms with Crippen LogP contribution < -0.4 is 4.74 Å². The molecule has 1 aromatic rings. The van der Waals surface area contributed by atoms with Crippen LogP contribution in [0.5, 0.6) is 5.88 Å². The van der Waals surface area contributed by atoms with Gasteiger partial charge in [0.05, 0.1) is 19.2 Å². The molecule has 1 aromatic heterocycles. The Morgan fingerprint density at radius 1 is 1.44 bits per heavy atom. The van der Waals surface area contributed by atoms with Crippen LogP contribution in [0, 0.1) is 17.8 Å². The fourth-order valence-corrected chi connectivity index (χ4v) is 4.27. The summed E-state index contributed by atoms with van der Waals surface area (Å²) < 4.78 is 11.1. The van der Waals surface area contributed by atoms with Crippen LogP contribution in [0.25, 0.3) is 0 Å². The third-order valence-electron chi connectivity index (χ3n) is 6.54. The lowest BCUT2D eigenvalue weighted by Crippen LogP contribution is -2.50. The van der Waals surface area contributed by atoms with E-state index < -0.39 is 17.7 Å². The number of aliphatic hydroxyl groups is 2. The quantitative estimate of drug-likeness (QED) is 0.594. The van der Waals surface area contributed by atoms with Crippen molar-refractivity contribution in [2.24, 2.45) is 5.92 Å². The molecule has 1 saturated carbocycles. The van der Waals surface area contributed by atoms with Gasteiger partial charge in [-0.15, -0.1) is 0 Å². The Morgan fingerprint density at radius 3 is 2.79 bits per heavy atom. The molecular weight excluding hydrogens is 438 g/mol. The largest absolute Gasteiger partial charge is 0.472 e. The van der Waals surface area contributed by atoms with Gasteiger partial charge >= 0.3 is 0 Å². The molecule has 1 fully saturated rings. The second-order valence-electron chi connectivity index (χ2n) is 9.40. The van der Waals surface area contributed by atoms with Gasteiger partial charge in [-0.3, -0.25) is 9.59 Å². The van der Waals surface area contributed by atoms with Crippen molar-refractivity contribution in [2.45, 2.75) is 57.3 Å². The van der Waals surface area contributed by atoms with Gasteiger partial charge in [0.1, 0.15) is 23.9 Å². The van der Waals surface area contributed by atoms with E-state index in [1.807, 2.05) is 6.92 Å². The first kappa shape index (κ1) is 25.9. The number of fused-ring (bicyclic) bond motifs is 1. The van der Waals surface area contributed by atoms with Gasteiger partial charge in [0, 0.05) is 38.4 Å². The standard InChI is InChI=1S/C25H35N3O6/c1-17-13-28(18(2)15-29)24(31)20-11-19(7-10-25(32)8-5-6-9-25)12-26-23(20)34-21(17)14-27(3)22(30)16-33-4/h11-12,17-18,21,29,32H,5-6,8-9,13-16H2,1-4H3/t17-,18+,21+/m1/s1. The lowest BCUT2D eigenvalue weighted by molar-refractivity contribution is -0.135. The molecule has 0 bridgehead atoms. The lowest BCUT2D eigenvalue weighted by atomic mass is 9.99. The number of aromatic nitrogens is 1. The van der Waals surface area contributed by atoms with E-state index in [0.717, 1.165) is 12.8 Å². The summed E-state index contributed by atoms with van der Waals surface area (Å²) in [7, 11) is 3.14. The highest BCUT2D eigenvalue weighted by atomic mass is 16.5. The molecule has 0 radical (unpaired) electrons. The molecule has 2 heterocycles. The third kappa shape index (κ3) is 6.06. The van der Waals surface area contributed by atoms with Gasteiger partial charge in [0.25, 0.3) is 5.91 Å². The summed E-state index contributed by atoms with van der Waals surface area (Å²) in [5, 5.41) is 20.3. The number of aliphatic hydroxyl groups excluding tert-OH is 1. The molecular formula is C25H35N3O6. The van der Waals surface area contributed by atoms with E-state index in [0.29, 0.717) is 24.9 Å². The molecule has 2 aliphatic rings. The van der Waals surface area contributed by atoms with Gasteiger partial charge in [0.15, 0.2) is 0 Å². The van der Waals surface area contributed by atoms with E-state index in [-0.39, 0.29) is 48.9 Å². The van der Waals surface area contributed by atoms with E-state index >= 15 is 0 Å². The van der Waals surface area contributed by atoms with Crippen molar-refractivity contribution in [1.29, 1.82) is 0 Å². The van der Waals surface area contributed by atoms with Gasteiger partial charge in [-0.05, 0) is 38.7 Å². The average Bonchev–Trinajstić information content (AvgIpc) is 3.26. The highest BCUT2D eigenvalue weighted by Crippen LogP contribution is 2.30. The Labute approximate surface area is 201 Å². The molecule has 1 aliphatic heterocycles. The molecule has 186 valence electrons. The fraction of sp³-hybridized carbons (Fsp3) is 0.640. The van der Waals surface area contributed by atoms with E-state index in [1.54, 1.807) is 24.9 Å². The van der Waals surface area contributed by atoms with Crippen molar-refractivity contribution < 1.29 is 29.3 Å². The summed E-state index contributed by atoms with van der Waals surface area (Å²) in [6.07, 6.45) is 4.24. The van der Waals surface area contributed by atoms with Crippen LogP contribution in [0.4, 0.5) is 0 Å². The normalized spacial score (nSPS) is 22.5. The molecule has 0 unspecified atom stereocenters. The molecule has 0 spiro atoms. The number of nitrogens with zero attached hydrogens (tertiary/aromatic N) is 3. The van der Waals surface area contributed by atoms with Crippen molar-refractivity contribution in [3.05, 3.63) is 23.4 Å². The zero-order valence-electron chi connectivity index (χ0n) is 20.4. The summed E-state index contributed by atoms with van der Waals surface area (Å²) in [6.45, 7) is 4.12. The summed E-state index contributed by atoms with van der Waals surface area (Å²) in [6, 6.07) is 1.21. The monoisotopic (exact) mass is 473 g/mol. The minimum Gasteiger partial charge on any atom is -0.472 e. The maximum Gasteiger partial charge on any atom is 0.259 e. The molecule has 0 saturated heterocycles. The minimum atomic E-state index is -0.998. The molecule has 3 atom stereocenters. The van der Waals surface area contributed by atoms with Crippen LogP contribution in [0.1, 0.15) is 55.5 Å². The van der Waals surface area contributed by atoms with E-state index in [2.05, 4.69) is 16.8 Å². The molecule has 1 aliphatic carbocycles. The van der Waals surface area contributed by atoms with Crippen LogP contribution in [0.3, 0.4) is 0 Å². The van der Waals surface area contributed by atoms with Crippen molar-refractivity contribution >= 4 is 11.8 Å². The van der Waals surface area contributed by atoms with Crippen molar-refractivity contribution in [3.63, 3.8) is 0 Å². The molecule has 2 N–H and O–H groups in total. The third-order valence-corrected chi connectivity index (χ3v) is 6.54. The molecule has 3 rings (SSSR count). The first-order valence-corrected chi connectivity index (χ1v) is 11.7. The first-order valence-electron chi connectivity index (χ1n) is 11.7. The van der Waals surface area contributed by atoms with E-state index in [1.165, 1.54) is 18.2 Å². The van der Waals surface area contributed by atoms with E-state index in [9.17, 15) is 19.8 Å². The number of methoxy groups -OCH3 is 1. The molecule has 9 nitrogen and oxygen atoms in total. The Morgan fingerprint density at radius 2 is 2.15 bits per heavy atom. The number of carbonyl (C=O) groups excluding carboxylic acids is 2. The second-order valence-corrected chi connectivity index (χ2v) is 9.40. The number of rotatable bonds is 6. The van der Waals surface area contributed by atoms with Gasteiger partial charge in [0.2, 0.25) is 11.8 Å². The Bertz CT molecular complexity index is 950. The smallest absolute Gasteiger partial charge is 0.259 e. The predicted octanol–water partition coefficient (Wildman–Crippen LogP) is 1.06. The summed E-state index contributed by atoms with van der Waals surface area (Å²) in [5.41, 5.74) is -0.249. The Balaban J connectivity index is 1.95. The van der Waals surface area contributed by atoms with Crippen LogP contribution in [-0.4, -0.2) is 95.0 Å².